The number of hydrogen-bond acceptors (Lipinski definition) is 1. The number of hydrogen-bond donors (Lipinski definition) is 1. The Labute approximate surface area is 63.0 Å². The maximum absolute atomic E-state index is 6.04. The summed E-state index contributed by atoms with van der Waals surface area (Å²) in [6.07, 6.45) is 4.38. The molecule has 1 nitrogen and oxygen atoms in total. The Hall–Kier alpha value is -0.0400. The minimum absolute atomic E-state index is 0.488. The van der Waals surface area contributed by atoms with Crippen LogP contribution in [0.15, 0.2) is 0 Å². The highest BCUT2D eigenvalue weighted by Gasteiger charge is 2.64. The van der Waals surface area contributed by atoms with Gasteiger partial charge in [0.1, 0.15) is 0 Å². The van der Waals surface area contributed by atoms with Crippen LogP contribution in [0.1, 0.15) is 33.1 Å². The fourth-order valence-corrected chi connectivity index (χ4v) is 2.12. The maximum atomic E-state index is 6.04. The van der Waals surface area contributed by atoms with Crippen LogP contribution in [-0.4, -0.2) is 6.04 Å². The Morgan fingerprint density at radius 2 is 2.00 bits per heavy atom. The molecule has 2 fully saturated rings. The second-order valence-corrected chi connectivity index (χ2v) is 4.49. The van der Waals surface area contributed by atoms with Gasteiger partial charge in [0.05, 0.1) is 0 Å². The van der Waals surface area contributed by atoms with Crippen LogP contribution in [-0.2, 0) is 0 Å². The first kappa shape index (κ1) is 6.66. The van der Waals surface area contributed by atoms with Crippen LogP contribution in [0.3, 0.4) is 0 Å². The quantitative estimate of drug-likeness (QED) is 0.620. The molecule has 2 unspecified atom stereocenters. The van der Waals surface area contributed by atoms with E-state index in [2.05, 4.69) is 13.8 Å². The van der Waals surface area contributed by atoms with Crippen LogP contribution in [0.25, 0.3) is 0 Å². The molecular weight excluding hydrogens is 122 g/mol. The van der Waals surface area contributed by atoms with E-state index in [1.807, 2.05) is 0 Å². The summed E-state index contributed by atoms with van der Waals surface area (Å²) in [4.78, 5) is 0. The molecule has 2 aliphatic rings. The Bertz CT molecular complexity index is 147. The highest BCUT2D eigenvalue weighted by atomic mass is 14.8. The Morgan fingerprint density at radius 3 is 2.30 bits per heavy atom. The molecule has 2 saturated carbocycles. The molecule has 0 radical (unpaired) electrons. The molecule has 0 amide bonds. The van der Waals surface area contributed by atoms with Gasteiger partial charge in [-0.05, 0) is 36.5 Å². The highest BCUT2D eigenvalue weighted by Crippen LogP contribution is 2.71. The summed E-state index contributed by atoms with van der Waals surface area (Å²) in [5.41, 5.74) is 6.83. The Morgan fingerprint density at radius 1 is 1.40 bits per heavy atom. The smallest absolute Gasteiger partial charge is 0.00958 e. The lowest BCUT2D eigenvalue weighted by molar-refractivity contribution is 0.422. The summed E-state index contributed by atoms with van der Waals surface area (Å²) in [5, 5.41) is 0. The largest absolute Gasteiger partial charge is 0.327 e. The van der Waals surface area contributed by atoms with Crippen LogP contribution in [0.2, 0.25) is 0 Å². The molecule has 2 aliphatic carbocycles. The van der Waals surface area contributed by atoms with E-state index in [1.165, 1.54) is 19.3 Å². The van der Waals surface area contributed by atoms with Crippen molar-refractivity contribution in [1.82, 2.24) is 0 Å². The van der Waals surface area contributed by atoms with Crippen molar-refractivity contribution < 1.29 is 0 Å². The van der Waals surface area contributed by atoms with Crippen LogP contribution < -0.4 is 5.73 Å². The molecule has 0 aliphatic heterocycles. The Balaban J connectivity index is 1.90. The van der Waals surface area contributed by atoms with Gasteiger partial charge in [-0.3, -0.25) is 0 Å². The maximum Gasteiger partial charge on any atom is 0.00958 e. The molecule has 2 rings (SSSR count). The van der Waals surface area contributed by atoms with Crippen LogP contribution in [0.4, 0.5) is 0 Å². The van der Waals surface area contributed by atoms with Gasteiger partial charge < -0.3 is 5.73 Å². The molecule has 0 aromatic rings. The van der Waals surface area contributed by atoms with Crippen molar-refractivity contribution in [3.8, 4) is 0 Å². The van der Waals surface area contributed by atoms with E-state index in [0.717, 1.165) is 11.3 Å². The molecule has 10 heavy (non-hydrogen) atoms. The average Bonchev–Trinajstić information content (AvgIpc) is 2.73. The molecule has 0 bridgehead atoms. The first-order valence-electron chi connectivity index (χ1n) is 4.41. The molecule has 1 spiro atoms. The van der Waals surface area contributed by atoms with Gasteiger partial charge in [0.15, 0.2) is 0 Å². The van der Waals surface area contributed by atoms with Crippen molar-refractivity contribution in [1.29, 1.82) is 0 Å². The topological polar surface area (TPSA) is 26.0 Å². The van der Waals surface area contributed by atoms with Gasteiger partial charge in [0.25, 0.3) is 0 Å². The normalized spacial score (nSPS) is 36.6. The van der Waals surface area contributed by atoms with Crippen LogP contribution in [0, 0.1) is 17.3 Å². The summed E-state index contributed by atoms with van der Waals surface area (Å²) in [6.45, 7) is 4.47. The molecule has 58 valence electrons. The predicted molar refractivity (Wildman–Crippen MR) is 42.6 cm³/mol. The molecule has 1 heteroatoms. The zero-order valence-electron chi connectivity index (χ0n) is 6.93. The van der Waals surface area contributed by atoms with Gasteiger partial charge in [-0.15, -0.1) is 0 Å². The van der Waals surface area contributed by atoms with Gasteiger partial charge >= 0.3 is 0 Å². The SMILES string of the molecule is CC(C)C(N)C1CC12CC2. The lowest BCUT2D eigenvalue weighted by Gasteiger charge is -2.14. The van der Waals surface area contributed by atoms with Gasteiger partial charge in [0.2, 0.25) is 0 Å². The van der Waals surface area contributed by atoms with Gasteiger partial charge in [-0.2, -0.15) is 0 Å². The van der Waals surface area contributed by atoms with E-state index < -0.39 is 0 Å². The third kappa shape index (κ3) is 0.800. The summed E-state index contributed by atoms with van der Waals surface area (Å²) < 4.78 is 0. The molecule has 2 N–H and O–H groups in total. The fraction of sp³-hybridized carbons (Fsp3) is 1.00. The lowest BCUT2D eigenvalue weighted by atomic mass is 9.99. The van der Waals surface area contributed by atoms with E-state index in [9.17, 15) is 0 Å². The first-order chi connectivity index (χ1) is 4.66. The Kier molecular flexibility index (Phi) is 1.17. The number of rotatable bonds is 2. The van der Waals surface area contributed by atoms with Crippen LogP contribution in [0.5, 0.6) is 0 Å². The highest BCUT2D eigenvalue weighted by molar-refractivity contribution is 5.15. The summed E-state index contributed by atoms with van der Waals surface area (Å²) in [5.74, 6) is 1.58. The third-order valence-corrected chi connectivity index (χ3v) is 3.38. The predicted octanol–water partition coefficient (Wildman–Crippen LogP) is 1.77. The summed E-state index contributed by atoms with van der Waals surface area (Å²) in [7, 11) is 0. The standard InChI is InChI=1S/C9H17N/c1-6(2)8(10)7-5-9(7)3-4-9/h6-8H,3-5,10H2,1-2H3. The molecule has 0 heterocycles. The number of nitrogens with two attached hydrogens (primary N) is 1. The van der Waals surface area contributed by atoms with Crippen molar-refractivity contribution in [3.63, 3.8) is 0 Å². The van der Waals surface area contributed by atoms with Crippen molar-refractivity contribution in [3.05, 3.63) is 0 Å². The molecular formula is C9H17N. The van der Waals surface area contributed by atoms with Crippen molar-refractivity contribution in [2.24, 2.45) is 23.0 Å². The van der Waals surface area contributed by atoms with Gasteiger partial charge in [-0.25, -0.2) is 0 Å². The molecule has 2 atom stereocenters. The van der Waals surface area contributed by atoms with Gasteiger partial charge in [-0.1, -0.05) is 13.8 Å². The monoisotopic (exact) mass is 139 g/mol. The molecule has 0 aromatic carbocycles. The minimum atomic E-state index is 0.488. The van der Waals surface area contributed by atoms with Crippen molar-refractivity contribution in [2.75, 3.05) is 0 Å². The third-order valence-electron chi connectivity index (χ3n) is 3.38. The molecule has 0 aromatic heterocycles. The lowest BCUT2D eigenvalue weighted by Crippen LogP contribution is -2.29. The molecule has 0 saturated heterocycles. The van der Waals surface area contributed by atoms with Crippen LogP contribution >= 0.6 is 0 Å². The minimum Gasteiger partial charge on any atom is -0.327 e. The first-order valence-corrected chi connectivity index (χ1v) is 4.41. The second-order valence-electron chi connectivity index (χ2n) is 4.49. The van der Waals surface area contributed by atoms with E-state index in [1.54, 1.807) is 0 Å². The van der Waals surface area contributed by atoms with E-state index in [0.29, 0.717) is 12.0 Å². The zero-order valence-corrected chi connectivity index (χ0v) is 6.93. The van der Waals surface area contributed by atoms with E-state index in [-0.39, 0.29) is 0 Å². The van der Waals surface area contributed by atoms with Crippen molar-refractivity contribution in [2.45, 2.75) is 39.2 Å². The summed E-state index contributed by atoms with van der Waals surface area (Å²) >= 11 is 0. The summed E-state index contributed by atoms with van der Waals surface area (Å²) in [6, 6.07) is 0.488. The fourth-order valence-electron chi connectivity index (χ4n) is 2.12. The second kappa shape index (κ2) is 1.76. The average molecular weight is 139 g/mol. The van der Waals surface area contributed by atoms with Crippen molar-refractivity contribution >= 4 is 0 Å². The van der Waals surface area contributed by atoms with Gasteiger partial charge in [0, 0.05) is 6.04 Å². The zero-order chi connectivity index (χ0) is 7.35. The van der Waals surface area contributed by atoms with E-state index in [4.69, 9.17) is 5.73 Å². The van der Waals surface area contributed by atoms with E-state index >= 15 is 0 Å².